The quantitative estimate of drug-likeness (QED) is 0.573. The molecule has 0 unspecified atom stereocenters. The summed E-state index contributed by atoms with van der Waals surface area (Å²) in [7, 11) is 0. The van der Waals surface area contributed by atoms with Crippen LogP contribution < -0.4 is 5.73 Å². The van der Waals surface area contributed by atoms with Crippen molar-refractivity contribution >= 4 is 0 Å². The molecule has 0 aromatic carbocycles. The van der Waals surface area contributed by atoms with E-state index in [9.17, 15) is 0 Å². The summed E-state index contributed by atoms with van der Waals surface area (Å²) in [5, 5.41) is 0. The van der Waals surface area contributed by atoms with Gasteiger partial charge < -0.3 is 5.73 Å². The lowest BCUT2D eigenvalue weighted by Crippen LogP contribution is -2.29. The van der Waals surface area contributed by atoms with Gasteiger partial charge in [-0.15, -0.1) is 0 Å². The maximum atomic E-state index is 5.84. The number of rotatable bonds is 8. The van der Waals surface area contributed by atoms with Gasteiger partial charge in [0.2, 0.25) is 0 Å². The van der Waals surface area contributed by atoms with Crippen molar-refractivity contribution in [2.45, 2.75) is 65.7 Å². The topological polar surface area (TPSA) is 26.0 Å². The zero-order valence-corrected chi connectivity index (χ0v) is 9.73. The predicted molar refractivity (Wildman–Crippen MR) is 60.8 cm³/mol. The first-order valence-corrected chi connectivity index (χ1v) is 5.94. The molecule has 0 amide bonds. The van der Waals surface area contributed by atoms with Crippen molar-refractivity contribution in [1.29, 1.82) is 0 Å². The van der Waals surface area contributed by atoms with E-state index >= 15 is 0 Å². The zero-order chi connectivity index (χ0) is 10.2. The third kappa shape index (κ3) is 4.66. The Morgan fingerprint density at radius 3 is 1.92 bits per heavy atom. The second kappa shape index (κ2) is 7.37. The van der Waals surface area contributed by atoms with Crippen molar-refractivity contribution < 1.29 is 0 Å². The van der Waals surface area contributed by atoms with Crippen LogP contribution in [0.2, 0.25) is 0 Å². The molecule has 0 saturated carbocycles. The molecule has 0 atom stereocenters. The van der Waals surface area contributed by atoms with Gasteiger partial charge in [-0.3, -0.25) is 0 Å². The standard InChI is InChI=1S/C12H27N/c1-4-7-8-9-10-12(5-2,6-3)11-13/h4-11,13H2,1-3H3. The molecule has 0 aliphatic rings. The van der Waals surface area contributed by atoms with Gasteiger partial charge in [-0.1, -0.05) is 46.5 Å². The summed E-state index contributed by atoms with van der Waals surface area (Å²) in [6.45, 7) is 7.67. The maximum Gasteiger partial charge on any atom is -0.00207 e. The largest absolute Gasteiger partial charge is 0.330 e. The minimum atomic E-state index is 0.452. The van der Waals surface area contributed by atoms with E-state index in [1.54, 1.807) is 0 Å². The highest BCUT2D eigenvalue weighted by atomic mass is 14.6. The van der Waals surface area contributed by atoms with Crippen molar-refractivity contribution in [1.82, 2.24) is 0 Å². The molecule has 80 valence electrons. The van der Waals surface area contributed by atoms with Crippen LogP contribution in [0.15, 0.2) is 0 Å². The molecule has 0 fully saturated rings. The first kappa shape index (κ1) is 13.0. The summed E-state index contributed by atoms with van der Waals surface area (Å²) in [6, 6.07) is 0. The van der Waals surface area contributed by atoms with E-state index in [4.69, 9.17) is 5.73 Å². The van der Waals surface area contributed by atoms with Crippen LogP contribution >= 0.6 is 0 Å². The summed E-state index contributed by atoms with van der Waals surface area (Å²) in [4.78, 5) is 0. The molecular formula is C12H27N. The number of hydrogen-bond donors (Lipinski definition) is 1. The molecule has 0 saturated heterocycles. The van der Waals surface area contributed by atoms with Crippen LogP contribution in [0.4, 0.5) is 0 Å². The van der Waals surface area contributed by atoms with Crippen LogP contribution in [0.5, 0.6) is 0 Å². The number of hydrogen-bond acceptors (Lipinski definition) is 1. The van der Waals surface area contributed by atoms with Gasteiger partial charge in [0.05, 0.1) is 0 Å². The Morgan fingerprint density at radius 1 is 0.923 bits per heavy atom. The van der Waals surface area contributed by atoms with Gasteiger partial charge in [0.1, 0.15) is 0 Å². The fraction of sp³-hybridized carbons (Fsp3) is 1.00. The molecule has 0 heterocycles. The lowest BCUT2D eigenvalue weighted by molar-refractivity contribution is 0.241. The molecule has 0 aliphatic carbocycles. The van der Waals surface area contributed by atoms with Crippen molar-refractivity contribution in [3.8, 4) is 0 Å². The van der Waals surface area contributed by atoms with Gasteiger partial charge in [0, 0.05) is 0 Å². The van der Waals surface area contributed by atoms with Gasteiger partial charge >= 0.3 is 0 Å². The van der Waals surface area contributed by atoms with Crippen molar-refractivity contribution in [2.75, 3.05) is 6.54 Å². The first-order chi connectivity index (χ1) is 6.24. The second-order valence-electron chi connectivity index (χ2n) is 4.22. The van der Waals surface area contributed by atoms with Crippen LogP contribution in [-0.2, 0) is 0 Å². The molecule has 0 spiro atoms. The molecule has 1 heteroatoms. The molecule has 2 N–H and O–H groups in total. The van der Waals surface area contributed by atoms with E-state index < -0.39 is 0 Å². The highest BCUT2D eigenvalue weighted by molar-refractivity contribution is 4.77. The van der Waals surface area contributed by atoms with Crippen molar-refractivity contribution in [3.63, 3.8) is 0 Å². The second-order valence-corrected chi connectivity index (χ2v) is 4.22. The number of unbranched alkanes of at least 4 members (excludes halogenated alkanes) is 3. The van der Waals surface area contributed by atoms with Gasteiger partial charge in [-0.2, -0.15) is 0 Å². The first-order valence-electron chi connectivity index (χ1n) is 5.94. The molecular weight excluding hydrogens is 158 g/mol. The van der Waals surface area contributed by atoms with Crippen molar-refractivity contribution in [3.05, 3.63) is 0 Å². The van der Waals surface area contributed by atoms with Crippen LogP contribution in [-0.4, -0.2) is 6.54 Å². The molecule has 0 aromatic heterocycles. The van der Waals surface area contributed by atoms with Gasteiger partial charge in [-0.05, 0) is 31.2 Å². The summed E-state index contributed by atoms with van der Waals surface area (Å²) in [5.41, 5.74) is 6.30. The van der Waals surface area contributed by atoms with Crippen LogP contribution in [0.1, 0.15) is 65.7 Å². The molecule has 1 nitrogen and oxygen atoms in total. The molecule has 13 heavy (non-hydrogen) atoms. The highest BCUT2D eigenvalue weighted by Gasteiger charge is 2.22. The molecule has 0 aliphatic heterocycles. The Morgan fingerprint density at radius 2 is 1.54 bits per heavy atom. The average Bonchev–Trinajstić information content (AvgIpc) is 2.20. The van der Waals surface area contributed by atoms with Crippen LogP contribution in [0.3, 0.4) is 0 Å². The Hall–Kier alpha value is -0.0400. The number of nitrogens with two attached hydrogens (primary N) is 1. The van der Waals surface area contributed by atoms with E-state index in [-0.39, 0.29) is 0 Å². The summed E-state index contributed by atoms with van der Waals surface area (Å²) in [5.74, 6) is 0. The predicted octanol–water partition coefficient (Wildman–Crippen LogP) is 3.72. The third-order valence-electron chi connectivity index (χ3n) is 3.49. The van der Waals surface area contributed by atoms with E-state index in [0.717, 1.165) is 6.54 Å². The molecule has 0 rings (SSSR count). The summed E-state index contributed by atoms with van der Waals surface area (Å²) in [6.07, 6.45) is 9.28. The Kier molecular flexibility index (Phi) is 7.35. The van der Waals surface area contributed by atoms with Crippen molar-refractivity contribution in [2.24, 2.45) is 11.1 Å². The van der Waals surface area contributed by atoms with E-state index in [2.05, 4.69) is 20.8 Å². The monoisotopic (exact) mass is 185 g/mol. The van der Waals surface area contributed by atoms with Crippen LogP contribution in [0, 0.1) is 5.41 Å². The van der Waals surface area contributed by atoms with E-state index in [1.165, 1.54) is 44.9 Å². The normalized spacial score (nSPS) is 12.0. The summed E-state index contributed by atoms with van der Waals surface area (Å²) >= 11 is 0. The minimum absolute atomic E-state index is 0.452. The molecule has 0 bridgehead atoms. The fourth-order valence-corrected chi connectivity index (χ4v) is 1.92. The molecule has 0 aromatic rings. The Labute approximate surface area is 84.1 Å². The minimum Gasteiger partial charge on any atom is -0.330 e. The maximum absolute atomic E-state index is 5.84. The summed E-state index contributed by atoms with van der Waals surface area (Å²) < 4.78 is 0. The third-order valence-corrected chi connectivity index (χ3v) is 3.49. The zero-order valence-electron chi connectivity index (χ0n) is 9.73. The highest BCUT2D eigenvalue weighted by Crippen LogP contribution is 2.31. The lowest BCUT2D eigenvalue weighted by Gasteiger charge is -2.30. The van der Waals surface area contributed by atoms with Gasteiger partial charge in [-0.25, -0.2) is 0 Å². The fourth-order valence-electron chi connectivity index (χ4n) is 1.92. The average molecular weight is 185 g/mol. The van der Waals surface area contributed by atoms with E-state index in [1.807, 2.05) is 0 Å². The van der Waals surface area contributed by atoms with Gasteiger partial charge in [0.25, 0.3) is 0 Å². The SMILES string of the molecule is CCCCCCC(CC)(CC)CN. The molecule has 0 radical (unpaired) electrons. The lowest BCUT2D eigenvalue weighted by atomic mass is 9.78. The Bertz CT molecular complexity index is 97.4. The Balaban J connectivity index is 3.68. The van der Waals surface area contributed by atoms with E-state index in [0.29, 0.717) is 5.41 Å². The van der Waals surface area contributed by atoms with Crippen LogP contribution in [0.25, 0.3) is 0 Å². The van der Waals surface area contributed by atoms with Gasteiger partial charge in [0.15, 0.2) is 0 Å². The smallest absolute Gasteiger partial charge is 0.00207 e.